The molecule has 7 nitrogen and oxygen atoms in total. The Hall–Kier alpha value is -3.22. The number of rotatable bonds is 6. The van der Waals surface area contributed by atoms with Gasteiger partial charge in [0.05, 0.1) is 18.4 Å². The van der Waals surface area contributed by atoms with Gasteiger partial charge in [0.15, 0.2) is 6.61 Å². The van der Waals surface area contributed by atoms with Crippen LogP contribution >= 0.6 is 0 Å². The third kappa shape index (κ3) is 4.31. The molecule has 0 spiro atoms. The van der Waals surface area contributed by atoms with Crippen molar-refractivity contribution in [2.45, 2.75) is 26.3 Å². The van der Waals surface area contributed by atoms with E-state index in [-0.39, 0.29) is 18.6 Å². The summed E-state index contributed by atoms with van der Waals surface area (Å²) < 4.78 is 10.6. The Kier molecular flexibility index (Phi) is 5.80. The maximum atomic E-state index is 12.2. The molecule has 0 aliphatic carbocycles. The molecule has 1 aliphatic heterocycles. The van der Waals surface area contributed by atoms with Crippen LogP contribution in [0.1, 0.15) is 37.4 Å². The molecule has 1 aromatic carbocycles. The van der Waals surface area contributed by atoms with Crippen molar-refractivity contribution in [1.29, 1.82) is 0 Å². The predicted molar refractivity (Wildman–Crippen MR) is 99.2 cm³/mol. The van der Waals surface area contributed by atoms with E-state index in [2.05, 4.69) is 10.1 Å². The number of hydrogen-bond acceptors (Lipinski definition) is 6. The molecule has 2 aromatic rings. The maximum Gasteiger partial charge on any atom is 0.344 e. The summed E-state index contributed by atoms with van der Waals surface area (Å²) in [6.07, 6.45) is 3.95. The number of hydrazone groups is 1. The highest BCUT2D eigenvalue weighted by Gasteiger charge is 2.33. The van der Waals surface area contributed by atoms with Gasteiger partial charge in [-0.1, -0.05) is 24.3 Å². The summed E-state index contributed by atoms with van der Waals surface area (Å²) in [4.78, 5) is 27.9. The van der Waals surface area contributed by atoms with Crippen LogP contribution in [0.4, 0.5) is 0 Å². The van der Waals surface area contributed by atoms with Crippen LogP contribution in [-0.2, 0) is 14.3 Å². The highest BCUT2D eigenvalue weighted by molar-refractivity contribution is 6.02. The molecule has 1 aliphatic rings. The van der Waals surface area contributed by atoms with Crippen LogP contribution in [0.15, 0.2) is 53.9 Å². The van der Waals surface area contributed by atoms with Crippen LogP contribution < -0.4 is 4.74 Å². The molecular weight excluding hydrogens is 346 g/mol. The number of ether oxygens (including phenoxy) is 2. The molecule has 140 valence electrons. The zero-order chi connectivity index (χ0) is 19.2. The molecule has 1 atom stereocenters. The van der Waals surface area contributed by atoms with Crippen LogP contribution in [0.2, 0.25) is 0 Å². The lowest BCUT2D eigenvalue weighted by Gasteiger charge is -2.22. The minimum absolute atomic E-state index is 0.168. The Morgan fingerprint density at radius 2 is 2.04 bits per heavy atom. The van der Waals surface area contributed by atoms with Gasteiger partial charge in [-0.05, 0) is 19.1 Å². The number of nitrogens with zero attached hydrogens (tertiary/aromatic N) is 3. The second-order valence-corrected chi connectivity index (χ2v) is 6.00. The van der Waals surface area contributed by atoms with E-state index in [9.17, 15) is 9.59 Å². The Morgan fingerprint density at radius 1 is 1.22 bits per heavy atom. The summed E-state index contributed by atoms with van der Waals surface area (Å²) in [6, 6.07) is 10.8. The van der Waals surface area contributed by atoms with Crippen LogP contribution in [0.5, 0.6) is 5.75 Å². The number of carbonyl (C=O) groups is 2. The minimum Gasteiger partial charge on any atom is -0.482 e. The van der Waals surface area contributed by atoms with E-state index in [1.807, 2.05) is 30.3 Å². The topological polar surface area (TPSA) is 81.1 Å². The fraction of sp³-hybridized carbons (Fsp3) is 0.300. The summed E-state index contributed by atoms with van der Waals surface area (Å²) in [5, 5.41) is 5.95. The molecule has 0 fully saturated rings. The van der Waals surface area contributed by atoms with Gasteiger partial charge < -0.3 is 9.47 Å². The van der Waals surface area contributed by atoms with E-state index in [1.165, 1.54) is 11.9 Å². The van der Waals surface area contributed by atoms with E-state index in [0.717, 1.165) is 16.8 Å². The Morgan fingerprint density at radius 3 is 2.74 bits per heavy atom. The summed E-state index contributed by atoms with van der Waals surface area (Å²) >= 11 is 0. The number of amides is 1. The lowest BCUT2D eigenvalue weighted by molar-refractivity contribution is -0.145. The van der Waals surface area contributed by atoms with E-state index in [0.29, 0.717) is 18.8 Å². The zero-order valence-electron chi connectivity index (χ0n) is 15.3. The van der Waals surface area contributed by atoms with Crippen LogP contribution in [0.25, 0.3) is 0 Å². The molecule has 27 heavy (non-hydrogen) atoms. The normalized spacial score (nSPS) is 16.0. The molecule has 1 amide bonds. The maximum absolute atomic E-state index is 12.2. The lowest BCUT2D eigenvalue weighted by atomic mass is 9.98. The van der Waals surface area contributed by atoms with Crippen molar-refractivity contribution >= 4 is 17.6 Å². The third-order valence-electron chi connectivity index (χ3n) is 4.16. The first kappa shape index (κ1) is 18.6. The summed E-state index contributed by atoms with van der Waals surface area (Å²) in [6.45, 7) is 3.33. The molecule has 2 heterocycles. The molecule has 0 saturated heterocycles. The number of pyridine rings is 1. The molecule has 1 unspecified atom stereocenters. The van der Waals surface area contributed by atoms with Gasteiger partial charge in [0, 0.05) is 36.9 Å². The Balaban J connectivity index is 1.85. The van der Waals surface area contributed by atoms with Crippen molar-refractivity contribution in [3.05, 3.63) is 59.9 Å². The number of benzene rings is 1. The molecule has 0 N–H and O–H groups in total. The number of aromatic nitrogens is 1. The molecule has 0 radical (unpaired) electrons. The van der Waals surface area contributed by atoms with Gasteiger partial charge in [0.25, 0.3) is 0 Å². The predicted octanol–water partition coefficient (Wildman–Crippen LogP) is 2.72. The molecule has 0 saturated carbocycles. The quantitative estimate of drug-likeness (QED) is 0.733. The number of hydrogen-bond donors (Lipinski definition) is 0. The highest BCUT2D eigenvalue weighted by Crippen LogP contribution is 2.37. The second kappa shape index (κ2) is 8.44. The fourth-order valence-electron chi connectivity index (χ4n) is 2.98. The minimum atomic E-state index is -0.436. The molecular formula is C20H21N3O4. The summed E-state index contributed by atoms with van der Waals surface area (Å²) in [7, 11) is 0. The van der Waals surface area contributed by atoms with Crippen molar-refractivity contribution < 1.29 is 19.1 Å². The van der Waals surface area contributed by atoms with Gasteiger partial charge in [0.1, 0.15) is 5.75 Å². The standard InChI is InChI=1S/C20H21N3O4/c1-3-26-20(25)13-27-19-9-5-4-8-16(19)18-11-17(22-23(18)14(2)24)15-7-6-10-21-12-15/h4-10,12,18H,3,11,13H2,1-2H3. The summed E-state index contributed by atoms with van der Waals surface area (Å²) in [5.74, 6) is -0.0713. The molecule has 3 rings (SSSR count). The number of carbonyl (C=O) groups excluding carboxylic acids is 2. The summed E-state index contributed by atoms with van der Waals surface area (Å²) in [5.41, 5.74) is 2.44. The number of para-hydroxylation sites is 1. The van der Waals surface area contributed by atoms with Crippen LogP contribution in [0.3, 0.4) is 0 Å². The number of esters is 1. The second-order valence-electron chi connectivity index (χ2n) is 6.00. The van der Waals surface area contributed by atoms with E-state index < -0.39 is 5.97 Å². The SMILES string of the molecule is CCOC(=O)COc1ccccc1C1CC(c2cccnc2)=NN1C(C)=O. The largest absolute Gasteiger partial charge is 0.482 e. The Labute approximate surface area is 157 Å². The molecule has 7 heteroatoms. The van der Waals surface area contributed by atoms with Gasteiger partial charge in [0.2, 0.25) is 5.91 Å². The van der Waals surface area contributed by atoms with Crippen molar-refractivity contribution in [1.82, 2.24) is 9.99 Å². The van der Waals surface area contributed by atoms with Gasteiger partial charge >= 0.3 is 5.97 Å². The van der Waals surface area contributed by atoms with Gasteiger partial charge in [-0.25, -0.2) is 9.80 Å². The highest BCUT2D eigenvalue weighted by atomic mass is 16.6. The van der Waals surface area contributed by atoms with Crippen LogP contribution in [-0.4, -0.2) is 40.8 Å². The van der Waals surface area contributed by atoms with Crippen LogP contribution in [0, 0.1) is 0 Å². The first-order valence-corrected chi connectivity index (χ1v) is 8.75. The smallest absolute Gasteiger partial charge is 0.344 e. The van der Waals surface area contributed by atoms with Crippen molar-refractivity contribution in [2.24, 2.45) is 5.10 Å². The van der Waals surface area contributed by atoms with Crippen molar-refractivity contribution in [3.8, 4) is 5.75 Å². The first-order chi connectivity index (χ1) is 13.1. The average molecular weight is 367 g/mol. The monoisotopic (exact) mass is 367 g/mol. The third-order valence-corrected chi connectivity index (χ3v) is 4.16. The van der Waals surface area contributed by atoms with E-state index >= 15 is 0 Å². The lowest BCUT2D eigenvalue weighted by Crippen LogP contribution is -2.25. The van der Waals surface area contributed by atoms with Crippen molar-refractivity contribution in [2.75, 3.05) is 13.2 Å². The average Bonchev–Trinajstić information content (AvgIpc) is 3.13. The van der Waals surface area contributed by atoms with Gasteiger partial charge in [-0.2, -0.15) is 5.10 Å². The van der Waals surface area contributed by atoms with E-state index in [4.69, 9.17) is 9.47 Å². The van der Waals surface area contributed by atoms with Gasteiger partial charge in [-0.15, -0.1) is 0 Å². The Bertz CT molecular complexity index is 851. The first-order valence-electron chi connectivity index (χ1n) is 8.75. The molecule has 1 aromatic heterocycles. The molecule has 0 bridgehead atoms. The van der Waals surface area contributed by atoms with Gasteiger partial charge in [-0.3, -0.25) is 9.78 Å². The fourth-order valence-corrected chi connectivity index (χ4v) is 2.98. The van der Waals surface area contributed by atoms with E-state index in [1.54, 1.807) is 25.4 Å². The van der Waals surface area contributed by atoms with Crippen molar-refractivity contribution in [3.63, 3.8) is 0 Å². The zero-order valence-corrected chi connectivity index (χ0v) is 15.3.